The van der Waals surface area contributed by atoms with E-state index < -0.39 is 11.6 Å². The quantitative estimate of drug-likeness (QED) is 0.467. The topological polar surface area (TPSA) is 12.4 Å². The van der Waals surface area contributed by atoms with Crippen molar-refractivity contribution < 1.29 is 8.78 Å². The zero-order valence-corrected chi connectivity index (χ0v) is 6.16. The first kappa shape index (κ1) is 7.98. The van der Waals surface area contributed by atoms with Crippen LogP contribution in [0.4, 0.5) is 14.5 Å². The Bertz CT molecular complexity index is 298. The van der Waals surface area contributed by atoms with Gasteiger partial charge in [0.2, 0.25) is 0 Å². The molecule has 0 heterocycles. The molecule has 0 N–H and O–H groups in total. The number of nitrogens with zero attached hydrogens (tertiary/aromatic N) is 1. The molecule has 0 radical (unpaired) electrons. The Kier molecular flexibility index (Phi) is 2.41. The Morgan fingerprint density at radius 2 is 1.82 bits per heavy atom. The fourth-order valence-electron chi connectivity index (χ4n) is 0.641. The third-order valence-corrected chi connectivity index (χ3v) is 1.19. The van der Waals surface area contributed by atoms with Crippen LogP contribution in [0.15, 0.2) is 23.2 Å². The lowest BCUT2D eigenvalue weighted by Gasteiger charge is -1.93. The summed E-state index contributed by atoms with van der Waals surface area (Å²) < 4.78 is 25.2. The van der Waals surface area contributed by atoms with Gasteiger partial charge >= 0.3 is 0 Å². The Morgan fingerprint density at radius 1 is 1.27 bits per heavy atom. The number of isothiocyanates is 1. The fraction of sp³-hybridized carbons (Fsp3) is 0. The van der Waals surface area contributed by atoms with Gasteiger partial charge in [-0.3, -0.25) is 0 Å². The maximum absolute atomic E-state index is 12.6. The number of thiocarbonyl (C=S) groups is 1. The highest BCUT2D eigenvalue weighted by atomic mass is 32.1. The van der Waals surface area contributed by atoms with Gasteiger partial charge in [0.05, 0.1) is 5.16 Å². The zero-order chi connectivity index (χ0) is 8.27. The van der Waals surface area contributed by atoms with Crippen LogP contribution in [0.25, 0.3) is 0 Å². The highest BCUT2D eigenvalue weighted by Gasteiger charge is 2.04. The lowest BCUT2D eigenvalue weighted by molar-refractivity contribution is 0.588. The van der Waals surface area contributed by atoms with Crippen LogP contribution in [0, 0.1) is 11.6 Å². The second-order valence-electron chi connectivity index (χ2n) is 1.77. The van der Waals surface area contributed by atoms with E-state index in [2.05, 4.69) is 17.2 Å². The van der Waals surface area contributed by atoms with E-state index >= 15 is 0 Å². The molecule has 0 unspecified atom stereocenters. The Morgan fingerprint density at radius 3 is 2.27 bits per heavy atom. The summed E-state index contributed by atoms with van der Waals surface area (Å²) in [4.78, 5) is 3.22. The summed E-state index contributed by atoms with van der Waals surface area (Å²) in [5.74, 6) is -1.47. The predicted octanol–water partition coefficient (Wildman–Crippen LogP) is 2.70. The van der Waals surface area contributed by atoms with Gasteiger partial charge in [0.25, 0.3) is 0 Å². The van der Waals surface area contributed by atoms with E-state index in [-0.39, 0.29) is 5.69 Å². The molecule has 1 aromatic rings. The Labute approximate surface area is 67.4 Å². The van der Waals surface area contributed by atoms with Gasteiger partial charge < -0.3 is 0 Å². The van der Waals surface area contributed by atoms with Crippen molar-refractivity contribution in [3.05, 3.63) is 29.8 Å². The lowest BCUT2D eigenvalue weighted by atomic mass is 10.3. The molecule has 0 aromatic heterocycles. The normalized spacial score (nSPS) is 8.91. The van der Waals surface area contributed by atoms with Crippen molar-refractivity contribution in [1.82, 2.24) is 0 Å². The number of rotatable bonds is 1. The van der Waals surface area contributed by atoms with Gasteiger partial charge in [-0.1, -0.05) is 6.07 Å². The van der Waals surface area contributed by atoms with Crippen molar-refractivity contribution in [1.29, 1.82) is 0 Å². The average molecular weight is 171 g/mol. The zero-order valence-electron chi connectivity index (χ0n) is 5.34. The van der Waals surface area contributed by atoms with E-state index in [9.17, 15) is 8.78 Å². The molecule has 1 rings (SSSR count). The van der Waals surface area contributed by atoms with Gasteiger partial charge in [0, 0.05) is 0 Å². The van der Waals surface area contributed by atoms with Crippen LogP contribution in [0.2, 0.25) is 0 Å². The molecule has 56 valence electrons. The highest BCUT2D eigenvalue weighted by Crippen LogP contribution is 2.20. The summed E-state index contributed by atoms with van der Waals surface area (Å²) in [6.07, 6.45) is 0. The average Bonchev–Trinajstić information content (AvgIpc) is 1.97. The molecule has 0 bridgehead atoms. The minimum Gasteiger partial charge on any atom is -0.204 e. The molecular formula is C7H3F2NS. The van der Waals surface area contributed by atoms with Crippen molar-refractivity contribution in [3.8, 4) is 0 Å². The SMILES string of the molecule is Fc1cccc(F)c1N=C=S. The first-order valence-electron chi connectivity index (χ1n) is 2.77. The van der Waals surface area contributed by atoms with E-state index in [0.717, 1.165) is 12.1 Å². The molecule has 0 spiro atoms. The van der Waals surface area contributed by atoms with Gasteiger partial charge in [-0.15, -0.1) is 0 Å². The van der Waals surface area contributed by atoms with Crippen LogP contribution in [0.5, 0.6) is 0 Å². The molecule has 0 atom stereocenters. The minimum atomic E-state index is -0.734. The molecular weight excluding hydrogens is 168 g/mol. The third kappa shape index (κ3) is 1.67. The molecule has 4 heteroatoms. The highest BCUT2D eigenvalue weighted by molar-refractivity contribution is 7.78. The molecule has 0 fully saturated rings. The molecule has 0 aliphatic rings. The van der Waals surface area contributed by atoms with E-state index in [1.807, 2.05) is 5.16 Å². The fourth-order valence-corrected chi connectivity index (χ4v) is 0.733. The summed E-state index contributed by atoms with van der Waals surface area (Å²) in [5, 5.41) is 1.89. The number of hydrogen-bond acceptors (Lipinski definition) is 2. The predicted molar refractivity (Wildman–Crippen MR) is 41.0 cm³/mol. The van der Waals surface area contributed by atoms with Crippen molar-refractivity contribution in [2.45, 2.75) is 0 Å². The van der Waals surface area contributed by atoms with Crippen molar-refractivity contribution in [3.63, 3.8) is 0 Å². The first-order chi connectivity index (χ1) is 5.25. The molecule has 1 nitrogen and oxygen atoms in total. The molecule has 0 aliphatic heterocycles. The van der Waals surface area contributed by atoms with Crippen molar-refractivity contribution in [2.75, 3.05) is 0 Å². The second-order valence-corrected chi connectivity index (χ2v) is 1.96. The number of aliphatic imine (C=N–C) groups is 1. The molecule has 0 amide bonds. The summed E-state index contributed by atoms with van der Waals surface area (Å²) in [6, 6.07) is 3.47. The molecule has 1 aromatic carbocycles. The maximum atomic E-state index is 12.6. The number of halogens is 2. The van der Waals surface area contributed by atoms with Gasteiger partial charge in [-0.25, -0.2) is 8.78 Å². The number of para-hydroxylation sites is 1. The maximum Gasteiger partial charge on any atom is 0.152 e. The summed E-state index contributed by atoms with van der Waals surface area (Å²) in [7, 11) is 0. The smallest absolute Gasteiger partial charge is 0.152 e. The van der Waals surface area contributed by atoms with Crippen molar-refractivity contribution >= 4 is 23.1 Å². The summed E-state index contributed by atoms with van der Waals surface area (Å²) >= 11 is 4.20. The van der Waals surface area contributed by atoms with Gasteiger partial charge in [0.1, 0.15) is 5.69 Å². The second kappa shape index (κ2) is 3.32. The van der Waals surface area contributed by atoms with E-state index in [4.69, 9.17) is 0 Å². The molecule has 0 aliphatic carbocycles. The third-order valence-electron chi connectivity index (χ3n) is 1.09. The largest absolute Gasteiger partial charge is 0.204 e. The van der Waals surface area contributed by atoms with Crippen molar-refractivity contribution in [2.24, 2.45) is 4.99 Å². The lowest BCUT2D eigenvalue weighted by Crippen LogP contribution is -1.79. The standard InChI is InChI=1S/C7H3F2NS/c8-5-2-1-3-6(9)7(5)10-4-11/h1-3H. The minimum absolute atomic E-state index is 0.387. The van der Waals surface area contributed by atoms with Crippen LogP contribution < -0.4 is 0 Å². The molecule has 0 saturated carbocycles. The van der Waals surface area contributed by atoms with Crippen LogP contribution in [0.1, 0.15) is 0 Å². The number of benzene rings is 1. The van der Waals surface area contributed by atoms with E-state index in [1.54, 1.807) is 0 Å². The van der Waals surface area contributed by atoms with Gasteiger partial charge in [-0.05, 0) is 24.4 Å². The monoisotopic (exact) mass is 171 g/mol. The van der Waals surface area contributed by atoms with Crippen LogP contribution >= 0.6 is 12.2 Å². The van der Waals surface area contributed by atoms with E-state index in [1.165, 1.54) is 6.07 Å². The van der Waals surface area contributed by atoms with Crippen LogP contribution in [-0.2, 0) is 0 Å². The van der Waals surface area contributed by atoms with E-state index in [0.29, 0.717) is 0 Å². The van der Waals surface area contributed by atoms with Gasteiger partial charge in [0.15, 0.2) is 11.6 Å². The van der Waals surface area contributed by atoms with Gasteiger partial charge in [-0.2, -0.15) is 4.99 Å². The Balaban J connectivity index is 3.31. The van der Waals surface area contributed by atoms with Crippen LogP contribution in [0.3, 0.4) is 0 Å². The summed E-state index contributed by atoms with van der Waals surface area (Å²) in [6.45, 7) is 0. The number of hydrogen-bond donors (Lipinski definition) is 0. The summed E-state index contributed by atoms with van der Waals surface area (Å²) in [5.41, 5.74) is -0.387. The molecule has 0 saturated heterocycles. The van der Waals surface area contributed by atoms with Crippen LogP contribution in [-0.4, -0.2) is 5.16 Å². The first-order valence-corrected chi connectivity index (χ1v) is 3.18. The Hall–Kier alpha value is -1.12. The molecule has 11 heavy (non-hydrogen) atoms.